The van der Waals surface area contributed by atoms with Crippen molar-refractivity contribution >= 4 is 11.5 Å². The van der Waals surface area contributed by atoms with Crippen LogP contribution in [0.5, 0.6) is 0 Å². The highest BCUT2D eigenvalue weighted by Crippen LogP contribution is 2.27. The summed E-state index contributed by atoms with van der Waals surface area (Å²) in [4.78, 5) is 15.8. The minimum atomic E-state index is -0.364. The number of hydrogen-bond acceptors (Lipinski definition) is 6. The number of nitro groups is 1. The molecule has 0 atom stereocenters. The largest absolute Gasteiger partial charge is 0.364 e. The zero-order valence-corrected chi connectivity index (χ0v) is 16.1. The SMILES string of the molecule is Cc1nn(C)c(NCCCN2CCN(Cc3ccccc3)CC2)c1[N+](=O)[O-]. The van der Waals surface area contributed by atoms with E-state index in [1.807, 2.05) is 0 Å². The molecule has 1 aliphatic rings. The number of hydrogen-bond donors (Lipinski definition) is 1. The molecule has 1 aromatic carbocycles. The topological polar surface area (TPSA) is 79.5 Å². The molecule has 2 aromatic rings. The molecule has 3 rings (SSSR count). The molecule has 8 nitrogen and oxygen atoms in total. The monoisotopic (exact) mass is 372 g/mol. The Morgan fingerprint density at radius 3 is 2.48 bits per heavy atom. The number of aryl methyl sites for hydroxylation is 2. The van der Waals surface area contributed by atoms with Crippen LogP contribution < -0.4 is 5.32 Å². The van der Waals surface area contributed by atoms with E-state index in [-0.39, 0.29) is 10.6 Å². The van der Waals surface area contributed by atoms with E-state index in [4.69, 9.17) is 0 Å². The van der Waals surface area contributed by atoms with Gasteiger partial charge in [0.05, 0.1) is 4.92 Å². The van der Waals surface area contributed by atoms with Crippen molar-refractivity contribution in [3.05, 3.63) is 51.7 Å². The third-order valence-electron chi connectivity index (χ3n) is 5.03. The Labute approximate surface area is 159 Å². The molecular formula is C19H28N6O2. The third kappa shape index (κ3) is 5.05. The summed E-state index contributed by atoms with van der Waals surface area (Å²) in [7, 11) is 1.73. The summed E-state index contributed by atoms with van der Waals surface area (Å²) in [6.45, 7) is 8.66. The van der Waals surface area contributed by atoms with Crippen LogP contribution in [0.25, 0.3) is 0 Å². The van der Waals surface area contributed by atoms with Gasteiger partial charge in [-0.05, 0) is 25.5 Å². The van der Waals surface area contributed by atoms with Gasteiger partial charge in [0, 0.05) is 46.3 Å². The average molecular weight is 372 g/mol. The molecule has 1 aliphatic heterocycles. The lowest BCUT2D eigenvalue weighted by atomic mass is 10.2. The van der Waals surface area contributed by atoms with Crippen LogP contribution in [-0.4, -0.2) is 63.8 Å². The fourth-order valence-electron chi connectivity index (χ4n) is 3.59. The number of nitrogens with one attached hydrogen (secondary N) is 1. The first-order chi connectivity index (χ1) is 13.0. The van der Waals surface area contributed by atoms with Crippen LogP contribution in [0.15, 0.2) is 30.3 Å². The number of aromatic nitrogens is 2. The van der Waals surface area contributed by atoms with Gasteiger partial charge in [0.25, 0.3) is 0 Å². The molecule has 0 aliphatic carbocycles. The van der Waals surface area contributed by atoms with Gasteiger partial charge >= 0.3 is 5.69 Å². The summed E-state index contributed by atoms with van der Waals surface area (Å²) < 4.78 is 1.55. The van der Waals surface area contributed by atoms with Crippen molar-refractivity contribution in [3.63, 3.8) is 0 Å². The number of anilines is 1. The van der Waals surface area contributed by atoms with Crippen molar-refractivity contribution in [1.82, 2.24) is 19.6 Å². The maximum Gasteiger partial charge on any atom is 0.333 e. The Hall–Kier alpha value is -2.45. The van der Waals surface area contributed by atoms with Crippen molar-refractivity contribution in [2.45, 2.75) is 19.9 Å². The first-order valence-corrected chi connectivity index (χ1v) is 9.45. The zero-order chi connectivity index (χ0) is 19.2. The summed E-state index contributed by atoms with van der Waals surface area (Å²) in [6, 6.07) is 10.6. The number of benzene rings is 1. The Balaban J connectivity index is 1.38. The molecule has 0 spiro atoms. The van der Waals surface area contributed by atoms with Gasteiger partial charge in [-0.3, -0.25) is 15.0 Å². The molecule has 1 aromatic heterocycles. The lowest BCUT2D eigenvalue weighted by molar-refractivity contribution is -0.384. The Morgan fingerprint density at radius 1 is 1.15 bits per heavy atom. The van der Waals surface area contributed by atoms with Crippen molar-refractivity contribution in [2.75, 3.05) is 44.6 Å². The second-order valence-corrected chi connectivity index (χ2v) is 7.05. The third-order valence-corrected chi connectivity index (χ3v) is 5.03. The summed E-state index contributed by atoms with van der Waals surface area (Å²) >= 11 is 0. The molecule has 2 heterocycles. The van der Waals surface area contributed by atoms with Crippen LogP contribution in [0.1, 0.15) is 17.7 Å². The number of piperazine rings is 1. The van der Waals surface area contributed by atoms with Crippen molar-refractivity contribution in [3.8, 4) is 0 Å². The molecule has 0 amide bonds. The maximum atomic E-state index is 11.2. The normalized spacial score (nSPS) is 15.8. The maximum absolute atomic E-state index is 11.2. The minimum Gasteiger partial charge on any atom is -0.364 e. The van der Waals surface area contributed by atoms with E-state index in [1.54, 1.807) is 18.7 Å². The van der Waals surface area contributed by atoms with Crippen molar-refractivity contribution in [1.29, 1.82) is 0 Å². The molecule has 146 valence electrons. The van der Waals surface area contributed by atoms with Crippen LogP contribution in [0, 0.1) is 17.0 Å². The molecule has 1 saturated heterocycles. The van der Waals surface area contributed by atoms with Crippen LogP contribution in [0.3, 0.4) is 0 Å². The fraction of sp³-hybridized carbons (Fsp3) is 0.526. The Kier molecular flexibility index (Phi) is 6.41. The van der Waals surface area contributed by atoms with Crippen LogP contribution >= 0.6 is 0 Å². The smallest absolute Gasteiger partial charge is 0.333 e. The van der Waals surface area contributed by atoms with Gasteiger partial charge in [0.2, 0.25) is 5.82 Å². The molecule has 0 saturated carbocycles. The second-order valence-electron chi connectivity index (χ2n) is 7.05. The van der Waals surface area contributed by atoms with Gasteiger partial charge in [-0.2, -0.15) is 5.10 Å². The zero-order valence-electron chi connectivity index (χ0n) is 16.1. The Morgan fingerprint density at radius 2 is 1.81 bits per heavy atom. The van der Waals surface area contributed by atoms with Gasteiger partial charge in [-0.1, -0.05) is 30.3 Å². The van der Waals surface area contributed by atoms with E-state index in [9.17, 15) is 10.1 Å². The molecule has 1 N–H and O–H groups in total. The molecule has 8 heteroatoms. The molecule has 0 bridgehead atoms. The van der Waals surface area contributed by atoms with Crippen molar-refractivity contribution in [2.24, 2.45) is 7.05 Å². The van der Waals surface area contributed by atoms with Gasteiger partial charge in [0.1, 0.15) is 5.69 Å². The first kappa shape index (κ1) is 19.3. The highest BCUT2D eigenvalue weighted by atomic mass is 16.6. The van der Waals surface area contributed by atoms with Crippen LogP contribution in [-0.2, 0) is 13.6 Å². The summed E-state index contributed by atoms with van der Waals surface area (Å²) in [6.07, 6.45) is 0.945. The van der Waals surface area contributed by atoms with Gasteiger partial charge in [0.15, 0.2) is 0 Å². The summed E-state index contributed by atoms with van der Waals surface area (Å²) in [5.74, 6) is 0.491. The number of nitrogens with zero attached hydrogens (tertiary/aromatic N) is 5. The number of rotatable bonds is 8. The molecule has 0 unspecified atom stereocenters. The first-order valence-electron chi connectivity index (χ1n) is 9.45. The van der Waals surface area contributed by atoms with E-state index in [2.05, 4.69) is 50.5 Å². The lowest BCUT2D eigenvalue weighted by Crippen LogP contribution is -2.46. The minimum absolute atomic E-state index is 0.0760. The van der Waals surface area contributed by atoms with Crippen LogP contribution in [0.2, 0.25) is 0 Å². The van der Waals surface area contributed by atoms with Crippen molar-refractivity contribution < 1.29 is 4.92 Å². The predicted octanol–water partition coefficient (Wildman–Crippen LogP) is 2.26. The van der Waals surface area contributed by atoms with Crippen LogP contribution in [0.4, 0.5) is 11.5 Å². The van der Waals surface area contributed by atoms with E-state index in [1.165, 1.54) is 5.56 Å². The second kappa shape index (κ2) is 8.96. The van der Waals surface area contributed by atoms with E-state index in [0.717, 1.165) is 45.7 Å². The summed E-state index contributed by atoms with van der Waals surface area (Å²) in [5.41, 5.74) is 1.88. The summed E-state index contributed by atoms with van der Waals surface area (Å²) in [5, 5.41) is 18.5. The average Bonchev–Trinajstić information content (AvgIpc) is 2.94. The highest BCUT2D eigenvalue weighted by Gasteiger charge is 2.23. The van der Waals surface area contributed by atoms with E-state index in [0.29, 0.717) is 18.1 Å². The Bertz CT molecular complexity index is 753. The van der Waals surface area contributed by atoms with Gasteiger partial charge in [-0.25, -0.2) is 4.68 Å². The van der Waals surface area contributed by atoms with Gasteiger partial charge in [-0.15, -0.1) is 0 Å². The highest BCUT2D eigenvalue weighted by molar-refractivity contribution is 5.59. The van der Waals surface area contributed by atoms with Gasteiger partial charge < -0.3 is 10.2 Å². The standard InChI is InChI=1S/C19H28N6O2/c1-16-18(25(26)27)19(22(2)21-16)20-9-6-10-23-11-13-24(14-12-23)15-17-7-4-3-5-8-17/h3-5,7-8,20H,6,9-15H2,1-2H3. The molecular weight excluding hydrogens is 344 g/mol. The van der Waals surface area contributed by atoms with E-state index < -0.39 is 0 Å². The van der Waals surface area contributed by atoms with E-state index >= 15 is 0 Å². The quantitative estimate of drug-likeness (QED) is 0.435. The fourth-order valence-corrected chi connectivity index (χ4v) is 3.59. The molecule has 27 heavy (non-hydrogen) atoms. The lowest BCUT2D eigenvalue weighted by Gasteiger charge is -2.34. The molecule has 1 fully saturated rings. The molecule has 0 radical (unpaired) electrons. The predicted molar refractivity (Wildman–Crippen MR) is 106 cm³/mol.